The van der Waals surface area contributed by atoms with Gasteiger partial charge in [0.1, 0.15) is 6.61 Å². The van der Waals surface area contributed by atoms with Crippen molar-refractivity contribution in [3.8, 4) is 12.1 Å². The standard InChI is InChI=1S/C11H15N3O4/c1-9(11(16)17)18-8-10(15)14(6-2-4-12)7-3-5-13/h9H,2-3,6-8H2,1H3,(H,16,17)/t9-/m0/s1. The second-order valence-electron chi connectivity index (χ2n) is 3.49. The molecule has 0 fully saturated rings. The van der Waals surface area contributed by atoms with Crippen molar-refractivity contribution in [1.82, 2.24) is 4.90 Å². The molecule has 7 nitrogen and oxygen atoms in total. The van der Waals surface area contributed by atoms with Crippen molar-refractivity contribution in [1.29, 1.82) is 10.5 Å². The average Bonchev–Trinajstić information content (AvgIpc) is 2.35. The highest BCUT2D eigenvalue weighted by atomic mass is 16.5. The van der Waals surface area contributed by atoms with E-state index >= 15 is 0 Å². The average molecular weight is 253 g/mol. The Morgan fingerprint density at radius 1 is 1.28 bits per heavy atom. The summed E-state index contributed by atoms with van der Waals surface area (Å²) < 4.78 is 4.85. The highest BCUT2D eigenvalue weighted by molar-refractivity contribution is 5.78. The number of carbonyl (C=O) groups is 2. The molecule has 0 aromatic carbocycles. The molecular formula is C11H15N3O4. The van der Waals surface area contributed by atoms with Crippen LogP contribution in [-0.4, -0.2) is 47.7 Å². The van der Waals surface area contributed by atoms with Crippen LogP contribution in [0.25, 0.3) is 0 Å². The number of ether oxygens (including phenoxy) is 1. The predicted octanol–water partition coefficient (Wildman–Crippen LogP) is 0.132. The van der Waals surface area contributed by atoms with Crippen LogP contribution in [0.3, 0.4) is 0 Å². The minimum absolute atomic E-state index is 0.158. The molecule has 1 N–H and O–H groups in total. The maximum atomic E-state index is 11.7. The van der Waals surface area contributed by atoms with Gasteiger partial charge in [-0.3, -0.25) is 4.79 Å². The number of nitrogens with zero attached hydrogens (tertiary/aromatic N) is 3. The van der Waals surface area contributed by atoms with E-state index < -0.39 is 18.0 Å². The first-order valence-electron chi connectivity index (χ1n) is 5.39. The van der Waals surface area contributed by atoms with Crippen LogP contribution in [-0.2, 0) is 14.3 Å². The molecule has 0 spiro atoms. The lowest BCUT2D eigenvalue weighted by molar-refractivity contribution is -0.152. The molecule has 0 radical (unpaired) electrons. The maximum Gasteiger partial charge on any atom is 0.332 e. The van der Waals surface area contributed by atoms with Gasteiger partial charge < -0.3 is 14.7 Å². The topological polar surface area (TPSA) is 114 Å². The summed E-state index contributed by atoms with van der Waals surface area (Å²) >= 11 is 0. The Morgan fingerprint density at radius 3 is 2.17 bits per heavy atom. The van der Waals surface area contributed by atoms with Crippen LogP contribution < -0.4 is 0 Å². The number of amides is 1. The Hall–Kier alpha value is -2.12. The van der Waals surface area contributed by atoms with Crippen molar-refractivity contribution in [2.24, 2.45) is 0 Å². The second-order valence-corrected chi connectivity index (χ2v) is 3.49. The summed E-state index contributed by atoms with van der Waals surface area (Å²) in [5.74, 6) is -1.57. The van der Waals surface area contributed by atoms with Gasteiger partial charge in [0.25, 0.3) is 0 Å². The zero-order valence-corrected chi connectivity index (χ0v) is 10.1. The summed E-state index contributed by atoms with van der Waals surface area (Å²) in [5, 5.41) is 25.5. The van der Waals surface area contributed by atoms with Crippen LogP contribution in [0.5, 0.6) is 0 Å². The van der Waals surface area contributed by atoms with E-state index in [0.717, 1.165) is 0 Å². The minimum Gasteiger partial charge on any atom is -0.479 e. The molecule has 0 aromatic rings. The van der Waals surface area contributed by atoms with Gasteiger partial charge >= 0.3 is 5.97 Å². The number of carboxylic acids is 1. The monoisotopic (exact) mass is 253 g/mol. The van der Waals surface area contributed by atoms with E-state index in [0.29, 0.717) is 0 Å². The molecule has 0 bridgehead atoms. The molecular weight excluding hydrogens is 238 g/mol. The molecule has 0 saturated heterocycles. The molecule has 0 aromatic heterocycles. The Kier molecular flexibility index (Phi) is 7.91. The second kappa shape index (κ2) is 8.97. The van der Waals surface area contributed by atoms with Crippen molar-refractivity contribution in [2.75, 3.05) is 19.7 Å². The van der Waals surface area contributed by atoms with Crippen molar-refractivity contribution >= 4 is 11.9 Å². The van der Waals surface area contributed by atoms with Gasteiger partial charge in [-0.25, -0.2) is 4.79 Å². The van der Waals surface area contributed by atoms with Crippen molar-refractivity contribution in [2.45, 2.75) is 25.9 Å². The number of nitriles is 2. The molecule has 1 atom stereocenters. The molecule has 0 heterocycles. The molecule has 0 aliphatic rings. The lowest BCUT2D eigenvalue weighted by atomic mass is 10.3. The first-order valence-corrected chi connectivity index (χ1v) is 5.39. The maximum absolute atomic E-state index is 11.7. The van der Waals surface area contributed by atoms with Gasteiger partial charge in [0, 0.05) is 13.1 Å². The van der Waals surface area contributed by atoms with Gasteiger partial charge in [0.05, 0.1) is 25.0 Å². The summed E-state index contributed by atoms with van der Waals surface area (Å²) in [6, 6.07) is 3.80. The Labute approximate surface area is 105 Å². The number of aliphatic carboxylic acids is 1. The molecule has 0 rings (SSSR count). The van der Waals surface area contributed by atoms with Crippen molar-refractivity contribution < 1.29 is 19.4 Å². The molecule has 1 amide bonds. The molecule has 7 heteroatoms. The summed E-state index contributed by atoms with van der Waals surface area (Å²) in [7, 11) is 0. The fraction of sp³-hybridized carbons (Fsp3) is 0.636. The summed E-state index contributed by atoms with van der Waals surface area (Å²) in [5.41, 5.74) is 0. The zero-order valence-electron chi connectivity index (χ0n) is 10.1. The van der Waals surface area contributed by atoms with E-state index in [1.165, 1.54) is 11.8 Å². The predicted molar refractivity (Wildman–Crippen MR) is 60.1 cm³/mol. The van der Waals surface area contributed by atoms with Crippen LogP contribution in [0.4, 0.5) is 0 Å². The number of hydrogen-bond donors (Lipinski definition) is 1. The van der Waals surface area contributed by atoms with Gasteiger partial charge in [-0.2, -0.15) is 10.5 Å². The summed E-state index contributed by atoms with van der Waals surface area (Å²) in [6.45, 7) is 1.37. The van der Waals surface area contributed by atoms with E-state index in [9.17, 15) is 9.59 Å². The van der Waals surface area contributed by atoms with Gasteiger partial charge in [-0.1, -0.05) is 0 Å². The highest BCUT2D eigenvalue weighted by Crippen LogP contribution is 1.98. The SMILES string of the molecule is C[C@H](OCC(=O)N(CCC#N)CCC#N)C(=O)O. The summed E-state index contributed by atoms with van der Waals surface area (Å²) in [6.07, 6.45) is -0.750. The quantitative estimate of drug-likeness (QED) is 0.657. The Bertz CT molecular complexity index is 351. The van der Waals surface area contributed by atoms with E-state index in [1.807, 2.05) is 12.1 Å². The van der Waals surface area contributed by atoms with Gasteiger partial charge in [0.15, 0.2) is 6.10 Å². The third kappa shape index (κ3) is 6.46. The van der Waals surface area contributed by atoms with E-state index in [4.69, 9.17) is 20.4 Å². The molecule has 18 heavy (non-hydrogen) atoms. The van der Waals surface area contributed by atoms with Crippen LogP contribution in [0.2, 0.25) is 0 Å². The van der Waals surface area contributed by atoms with Crippen LogP contribution in [0.15, 0.2) is 0 Å². The van der Waals surface area contributed by atoms with Crippen LogP contribution in [0.1, 0.15) is 19.8 Å². The fourth-order valence-corrected chi connectivity index (χ4v) is 1.09. The smallest absolute Gasteiger partial charge is 0.332 e. The molecule has 0 unspecified atom stereocenters. The number of hydrogen-bond acceptors (Lipinski definition) is 5. The summed E-state index contributed by atoms with van der Waals surface area (Å²) in [4.78, 5) is 23.5. The molecule has 98 valence electrons. The molecule has 0 saturated carbocycles. The lowest BCUT2D eigenvalue weighted by Gasteiger charge is -2.20. The minimum atomic E-state index is -1.15. The number of carboxylic acid groups (broad SMARTS) is 1. The van der Waals surface area contributed by atoms with E-state index in [1.54, 1.807) is 0 Å². The highest BCUT2D eigenvalue weighted by Gasteiger charge is 2.17. The zero-order chi connectivity index (χ0) is 14.0. The largest absolute Gasteiger partial charge is 0.479 e. The number of rotatable bonds is 8. The van der Waals surface area contributed by atoms with Crippen molar-refractivity contribution in [3.63, 3.8) is 0 Å². The molecule has 0 aliphatic heterocycles. The molecule has 0 aliphatic carbocycles. The van der Waals surface area contributed by atoms with Gasteiger partial charge in [-0.05, 0) is 6.92 Å². The first-order chi connectivity index (χ1) is 8.52. The van der Waals surface area contributed by atoms with E-state index in [2.05, 4.69) is 0 Å². The van der Waals surface area contributed by atoms with E-state index in [-0.39, 0.29) is 32.5 Å². The van der Waals surface area contributed by atoms with Crippen LogP contribution >= 0.6 is 0 Å². The van der Waals surface area contributed by atoms with Gasteiger partial charge in [0.2, 0.25) is 5.91 Å². The first kappa shape index (κ1) is 15.9. The third-order valence-corrected chi connectivity index (χ3v) is 2.14. The third-order valence-electron chi connectivity index (χ3n) is 2.14. The fourth-order valence-electron chi connectivity index (χ4n) is 1.09. The number of carbonyl (C=O) groups excluding carboxylic acids is 1. The Balaban J connectivity index is 4.24. The van der Waals surface area contributed by atoms with Gasteiger partial charge in [-0.15, -0.1) is 0 Å². The lowest BCUT2D eigenvalue weighted by Crippen LogP contribution is -2.37. The van der Waals surface area contributed by atoms with Crippen LogP contribution in [0, 0.1) is 22.7 Å². The normalized spacial score (nSPS) is 11.1. The van der Waals surface area contributed by atoms with Crippen molar-refractivity contribution in [3.05, 3.63) is 0 Å². The Morgan fingerprint density at radius 2 is 1.78 bits per heavy atom.